The molecule has 1 aromatic rings. The number of anilines is 2. The number of nitrogens with one attached hydrogen (secondary N) is 1. The van der Waals surface area contributed by atoms with Crippen molar-refractivity contribution in [2.75, 3.05) is 29.9 Å². The molecule has 4 nitrogen and oxygen atoms in total. The number of hydrogen-bond donors (Lipinski definition) is 1. The van der Waals surface area contributed by atoms with Gasteiger partial charge in [-0.05, 0) is 32.1 Å². The fraction of sp³-hybridized carbons (Fsp3) is 0.733. The maximum absolute atomic E-state index is 4.71. The van der Waals surface area contributed by atoms with Gasteiger partial charge in [0, 0.05) is 31.4 Å². The third-order valence-electron chi connectivity index (χ3n) is 3.87. The SMILES string of the molecule is CCCNc1ncc(C)c(N2CCCC(CC)C2)n1. The molecule has 0 bridgehead atoms. The molecule has 19 heavy (non-hydrogen) atoms. The van der Waals surface area contributed by atoms with Crippen LogP contribution in [0.3, 0.4) is 0 Å². The molecule has 0 amide bonds. The molecule has 1 N–H and O–H groups in total. The summed E-state index contributed by atoms with van der Waals surface area (Å²) in [5.41, 5.74) is 1.18. The minimum Gasteiger partial charge on any atom is -0.356 e. The van der Waals surface area contributed by atoms with Crippen molar-refractivity contribution in [2.45, 2.75) is 46.5 Å². The molecule has 106 valence electrons. The Balaban J connectivity index is 2.13. The van der Waals surface area contributed by atoms with Crippen LogP contribution in [-0.4, -0.2) is 29.6 Å². The Labute approximate surface area is 116 Å². The van der Waals surface area contributed by atoms with Crippen LogP contribution in [0.2, 0.25) is 0 Å². The van der Waals surface area contributed by atoms with Gasteiger partial charge in [-0.2, -0.15) is 4.98 Å². The number of aryl methyl sites for hydroxylation is 1. The number of rotatable bonds is 5. The van der Waals surface area contributed by atoms with Crippen LogP contribution in [0.1, 0.15) is 45.1 Å². The number of piperidine rings is 1. The van der Waals surface area contributed by atoms with Crippen LogP contribution in [0.15, 0.2) is 6.20 Å². The zero-order valence-electron chi connectivity index (χ0n) is 12.4. The van der Waals surface area contributed by atoms with Crippen LogP contribution >= 0.6 is 0 Å². The second-order valence-corrected chi connectivity index (χ2v) is 5.49. The molecule has 1 unspecified atom stereocenters. The summed E-state index contributed by atoms with van der Waals surface area (Å²) < 4.78 is 0. The first-order valence-corrected chi connectivity index (χ1v) is 7.57. The molecule has 1 saturated heterocycles. The highest BCUT2D eigenvalue weighted by Crippen LogP contribution is 2.26. The average Bonchev–Trinajstić information content (AvgIpc) is 2.46. The first-order valence-electron chi connectivity index (χ1n) is 7.57. The normalized spacial score (nSPS) is 19.5. The van der Waals surface area contributed by atoms with Gasteiger partial charge in [-0.3, -0.25) is 0 Å². The van der Waals surface area contributed by atoms with Gasteiger partial charge >= 0.3 is 0 Å². The van der Waals surface area contributed by atoms with Crippen molar-refractivity contribution in [3.05, 3.63) is 11.8 Å². The summed E-state index contributed by atoms with van der Waals surface area (Å²) >= 11 is 0. The Kier molecular flexibility index (Phi) is 5.00. The minimum atomic E-state index is 0.765. The number of hydrogen-bond acceptors (Lipinski definition) is 4. The molecule has 1 aliphatic rings. The van der Waals surface area contributed by atoms with E-state index in [-0.39, 0.29) is 0 Å². The highest BCUT2D eigenvalue weighted by molar-refractivity contribution is 5.49. The summed E-state index contributed by atoms with van der Waals surface area (Å²) in [6, 6.07) is 0. The Morgan fingerprint density at radius 1 is 1.42 bits per heavy atom. The van der Waals surface area contributed by atoms with Gasteiger partial charge < -0.3 is 10.2 Å². The van der Waals surface area contributed by atoms with Crippen molar-refractivity contribution in [2.24, 2.45) is 5.92 Å². The first kappa shape index (κ1) is 14.1. The van der Waals surface area contributed by atoms with Gasteiger partial charge in [0.15, 0.2) is 0 Å². The molecular weight excluding hydrogens is 236 g/mol. The molecule has 0 aromatic carbocycles. The van der Waals surface area contributed by atoms with Gasteiger partial charge in [0.2, 0.25) is 5.95 Å². The lowest BCUT2D eigenvalue weighted by atomic mass is 9.95. The van der Waals surface area contributed by atoms with Gasteiger partial charge in [0.05, 0.1) is 0 Å². The maximum atomic E-state index is 4.71. The second kappa shape index (κ2) is 6.73. The van der Waals surface area contributed by atoms with Crippen LogP contribution in [0.5, 0.6) is 0 Å². The quantitative estimate of drug-likeness (QED) is 0.884. The monoisotopic (exact) mass is 262 g/mol. The molecule has 1 atom stereocenters. The van der Waals surface area contributed by atoms with Crippen molar-refractivity contribution in [1.82, 2.24) is 9.97 Å². The topological polar surface area (TPSA) is 41.1 Å². The van der Waals surface area contributed by atoms with E-state index in [4.69, 9.17) is 4.98 Å². The lowest BCUT2D eigenvalue weighted by Crippen LogP contribution is -2.36. The van der Waals surface area contributed by atoms with E-state index in [1.807, 2.05) is 6.20 Å². The summed E-state index contributed by atoms with van der Waals surface area (Å²) in [6.07, 6.45) is 6.93. The van der Waals surface area contributed by atoms with Crippen molar-refractivity contribution in [1.29, 1.82) is 0 Å². The molecule has 0 spiro atoms. The van der Waals surface area contributed by atoms with E-state index in [0.29, 0.717) is 0 Å². The van der Waals surface area contributed by atoms with Crippen LogP contribution in [0.4, 0.5) is 11.8 Å². The zero-order chi connectivity index (χ0) is 13.7. The highest BCUT2D eigenvalue weighted by atomic mass is 15.2. The highest BCUT2D eigenvalue weighted by Gasteiger charge is 2.21. The van der Waals surface area contributed by atoms with Crippen molar-refractivity contribution >= 4 is 11.8 Å². The molecule has 0 radical (unpaired) electrons. The van der Waals surface area contributed by atoms with E-state index in [9.17, 15) is 0 Å². The lowest BCUT2D eigenvalue weighted by Gasteiger charge is -2.34. The maximum Gasteiger partial charge on any atom is 0.224 e. The summed E-state index contributed by atoms with van der Waals surface area (Å²) in [4.78, 5) is 11.5. The zero-order valence-corrected chi connectivity index (χ0v) is 12.4. The minimum absolute atomic E-state index is 0.765. The van der Waals surface area contributed by atoms with Crippen molar-refractivity contribution < 1.29 is 0 Å². The van der Waals surface area contributed by atoms with Gasteiger partial charge in [0.25, 0.3) is 0 Å². The molecule has 1 fully saturated rings. The summed E-state index contributed by atoms with van der Waals surface area (Å²) in [6.45, 7) is 9.74. The van der Waals surface area contributed by atoms with Crippen LogP contribution in [0, 0.1) is 12.8 Å². The Hall–Kier alpha value is -1.32. The van der Waals surface area contributed by atoms with E-state index in [1.165, 1.54) is 24.8 Å². The van der Waals surface area contributed by atoms with Gasteiger partial charge in [-0.25, -0.2) is 4.98 Å². The third-order valence-corrected chi connectivity index (χ3v) is 3.87. The third kappa shape index (κ3) is 3.58. The predicted octanol–water partition coefficient (Wildman–Crippen LogP) is 3.23. The standard InChI is InChI=1S/C15H26N4/c1-4-8-16-15-17-10-12(3)14(18-15)19-9-6-7-13(5-2)11-19/h10,13H,4-9,11H2,1-3H3,(H,16,17,18). The Bertz CT molecular complexity index is 405. The van der Waals surface area contributed by atoms with E-state index < -0.39 is 0 Å². The molecule has 0 saturated carbocycles. The molecule has 4 heteroatoms. The fourth-order valence-electron chi connectivity index (χ4n) is 2.67. The summed E-state index contributed by atoms with van der Waals surface area (Å²) in [7, 11) is 0. The fourth-order valence-corrected chi connectivity index (χ4v) is 2.67. The predicted molar refractivity (Wildman–Crippen MR) is 80.8 cm³/mol. The number of nitrogens with zero attached hydrogens (tertiary/aromatic N) is 3. The second-order valence-electron chi connectivity index (χ2n) is 5.49. The van der Waals surface area contributed by atoms with Crippen molar-refractivity contribution in [3.8, 4) is 0 Å². The number of aromatic nitrogens is 2. The molecule has 2 heterocycles. The average molecular weight is 262 g/mol. The van der Waals surface area contributed by atoms with Crippen LogP contribution in [-0.2, 0) is 0 Å². The van der Waals surface area contributed by atoms with E-state index in [1.54, 1.807) is 0 Å². The van der Waals surface area contributed by atoms with E-state index in [2.05, 4.69) is 36.0 Å². The van der Waals surface area contributed by atoms with E-state index in [0.717, 1.165) is 43.7 Å². The molecule has 1 aliphatic heterocycles. The largest absolute Gasteiger partial charge is 0.356 e. The van der Waals surface area contributed by atoms with Crippen molar-refractivity contribution in [3.63, 3.8) is 0 Å². The van der Waals surface area contributed by atoms with Gasteiger partial charge in [0.1, 0.15) is 5.82 Å². The first-order chi connectivity index (χ1) is 9.24. The lowest BCUT2D eigenvalue weighted by molar-refractivity contribution is 0.402. The van der Waals surface area contributed by atoms with Gasteiger partial charge in [-0.15, -0.1) is 0 Å². The molecule has 0 aliphatic carbocycles. The van der Waals surface area contributed by atoms with E-state index >= 15 is 0 Å². The summed E-state index contributed by atoms with van der Waals surface area (Å²) in [5.74, 6) is 2.70. The molecule has 2 rings (SSSR count). The van der Waals surface area contributed by atoms with Gasteiger partial charge in [-0.1, -0.05) is 20.3 Å². The summed E-state index contributed by atoms with van der Waals surface area (Å²) in [5, 5.41) is 3.28. The molecular formula is C15H26N4. The smallest absolute Gasteiger partial charge is 0.224 e. The Morgan fingerprint density at radius 2 is 2.26 bits per heavy atom. The van der Waals surface area contributed by atoms with Crippen LogP contribution in [0.25, 0.3) is 0 Å². The molecule has 1 aromatic heterocycles. The van der Waals surface area contributed by atoms with Crippen LogP contribution < -0.4 is 10.2 Å². The Morgan fingerprint density at radius 3 is 3.00 bits per heavy atom.